The van der Waals surface area contributed by atoms with Gasteiger partial charge < -0.3 is 15.4 Å². The Morgan fingerprint density at radius 1 is 1.09 bits per heavy atom. The number of amides is 3. The van der Waals surface area contributed by atoms with Gasteiger partial charge in [-0.2, -0.15) is 0 Å². The maximum atomic E-state index is 13.7. The van der Waals surface area contributed by atoms with Crippen molar-refractivity contribution in [3.63, 3.8) is 0 Å². The van der Waals surface area contributed by atoms with Gasteiger partial charge in [0.25, 0.3) is 5.91 Å². The van der Waals surface area contributed by atoms with Gasteiger partial charge in [-0.25, -0.2) is 5.01 Å². The molecule has 2 fully saturated rings. The summed E-state index contributed by atoms with van der Waals surface area (Å²) < 4.78 is 6.00. The Morgan fingerprint density at radius 2 is 1.85 bits per heavy atom. The van der Waals surface area contributed by atoms with Crippen molar-refractivity contribution < 1.29 is 19.1 Å². The smallest absolute Gasteiger partial charge is 0.264 e. The van der Waals surface area contributed by atoms with E-state index < -0.39 is 6.04 Å². The Hall–Kier alpha value is -3.39. The zero-order chi connectivity index (χ0) is 24.1. The van der Waals surface area contributed by atoms with Gasteiger partial charge >= 0.3 is 0 Å². The molecule has 180 valence electrons. The second kappa shape index (κ2) is 10.7. The average molecular weight is 465 g/mol. The molecule has 3 amide bonds. The summed E-state index contributed by atoms with van der Waals surface area (Å²) in [5.74, 6) is 0.829. The van der Waals surface area contributed by atoms with Crippen molar-refractivity contribution in [2.75, 3.05) is 13.6 Å². The Balaban J connectivity index is 1.60. The molecule has 34 heavy (non-hydrogen) atoms. The summed E-state index contributed by atoms with van der Waals surface area (Å²) in [6.45, 7) is 2.40. The van der Waals surface area contributed by atoms with Crippen LogP contribution < -0.4 is 15.4 Å². The van der Waals surface area contributed by atoms with E-state index in [1.807, 2.05) is 61.5 Å². The number of fused-ring (bicyclic) bond motifs is 1. The van der Waals surface area contributed by atoms with E-state index in [0.29, 0.717) is 25.1 Å². The number of hydrogen-bond donors (Lipinski definition) is 2. The molecule has 4 rings (SSSR count). The van der Waals surface area contributed by atoms with Gasteiger partial charge in [-0.1, -0.05) is 37.3 Å². The maximum absolute atomic E-state index is 13.7. The lowest BCUT2D eigenvalue weighted by Crippen LogP contribution is -2.58. The Kier molecular flexibility index (Phi) is 7.47. The second-order valence-corrected chi connectivity index (χ2v) is 8.69. The van der Waals surface area contributed by atoms with Crippen LogP contribution in [0.25, 0.3) is 0 Å². The Labute approximate surface area is 200 Å². The van der Waals surface area contributed by atoms with Crippen LogP contribution in [0.5, 0.6) is 11.5 Å². The lowest BCUT2D eigenvalue weighted by atomic mass is 9.98. The predicted molar refractivity (Wildman–Crippen MR) is 128 cm³/mol. The predicted octanol–water partition coefficient (Wildman–Crippen LogP) is 3.16. The van der Waals surface area contributed by atoms with Gasteiger partial charge in [-0.15, -0.1) is 0 Å². The summed E-state index contributed by atoms with van der Waals surface area (Å²) in [5.41, 5.74) is 0.896. The number of carbonyl (C=O) groups excluding carboxylic acids is 3. The zero-order valence-corrected chi connectivity index (χ0v) is 19.7. The van der Waals surface area contributed by atoms with Crippen LogP contribution in [0.4, 0.5) is 0 Å². The number of ether oxygens (including phenoxy) is 1. The highest BCUT2D eigenvalue weighted by Gasteiger charge is 2.42. The quantitative estimate of drug-likeness (QED) is 0.657. The highest BCUT2D eigenvalue weighted by molar-refractivity contribution is 5.93. The third kappa shape index (κ3) is 5.07. The number of hydrazine groups is 1. The average Bonchev–Trinajstić information content (AvgIpc) is 2.98. The SMILES string of the molecule is CCC(NC)C(=O)N[C@H]1CCC(=O)N2CCC[C@@H](c3cccc(Oc4ccccc4)c3)N2C1=O. The second-order valence-electron chi connectivity index (χ2n) is 8.69. The molecular formula is C26H32N4O4. The van der Waals surface area contributed by atoms with Crippen LogP contribution in [0.2, 0.25) is 0 Å². The summed E-state index contributed by atoms with van der Waals surface area (Å²) in [6.07, 6.45) is 2.63. The molecule has 2 N–H and O–H groups in total. The first kappa shape index (κ1) is 23.8. The van der Waals surface area contributed by atoms with Crippen molar-refractivity contribution in [2.24, 2.45) is 0 Å². The molecule has 2 aliphatic rings. The standard InChI is InChI=1S/C26H32N4O4/c1-3-21(27-2)25(32)28-22-14-15-24(31)29-16-8-13-23(30(29)26(22)33)18-9-7-12-20(17-18)34-19-10-5-4-6-11-19/h4-7,9-12,17,21-23,27H,3,8,13-16H2,1-2H3,(H,28,32)/t21?,22-,23-/m0/s1. The number of hydrogen-bond acceptors (Lipinski definition) is 5. The minimum atomic E-state index is -0.742. The summed E-state index contributed by atoms with van der Waals surface area (Å²) in [4.78, 5) is 39.3. The molecule has 8 nitrogen and oxygen atoms in total. The maximum Gasteiger partial charge on any atom is 0.264 e. The van der Waals surface area contributed by atoms with E-state index in [0.717, 1.165) is 24.2 Å². The topological polar surface area (TPSA) is 91.0 Å². The van der Waals surface area contributed by atoms with Crippen molar-refractivity contribution in [2.45, 2.75) is 57.2 Å². The van der Waals surface area contributed by atoms with Gasteiger partial charge in [0.2, 0.25) is 11.8 Å². The Morgan fingerprint density at radius 3 is 2.59 bits per heavy atom. The first-order chi connectivity index (χ1) is 16.5. The van der Waals surface area contributed by atoms with Crippen molar-refractivity contribution >= 4 is 17.7 Å². The number of nitrogens with one attached hydrogen (secondary N) is 2. The van der Waals surface area contributed by atoms with Gasteiger partial charge in [0, 0.05) is 13.0 Å². The molecule has 3 atom stereocenters. The van der Waals surface area contributed by atoms with Crippen molar-refractivity contribution in [3.05, 3.63) is 60.2 Å². The molecular weight excluding hydrogens is 432 g/mol. The van der Waals surface area contributed by atoms with Crippen LogP contribution in [0.1, 0.15) is 50.6 Å². The first-order valence-electron chi connectivity index (χ1n) is 12.0. The minimum absolute atomic E-state index is 0.0906. The fraction of sp³-hybridized carbons (Fsp3) is 0.423. The normalized spacial score (nSPS) is 21.5. The van der Waals surface area contributed by atoms with E-state index in [9.17, 15) is 14.4 Å². The van der Waals surface area contributed by atoms with Crippen LogP contribution in [0.3, 0.4) is 0 Å². The summed E-state index contributed by atoms with van der Waals surface area (Å²) in [7, 11) is 1.72. The molecule has 2 saturated heterocycles. The molecule has 0 bridgehead atoms. The van der Waals surface area contributed by atoms with E-state index in [4.69, 9.17) is 4.74 Å². The first-order valence-corrected chi connectivity index (χ1v) is 12.0. The van der Waals surface area contributed by atoms with Gasteiger partial charge in [-0.05, 0) is 62.6 Å². The number of rotatable bonds is 7. The van der Waals surface area contributed by atoms with Crippen LogP contribution in [-0.2, 0) is 14.4 Å². The van der Waals surface area contributed by atoms with E-state index in [1.165, 1.54) is 0 Å². The van der Waals surface area contributed by atoms with Crippen LogP contribution in [0, 0.1) is 0 Å². The summed E-state index contributed by atoms with van der Waals surface area (Å²) in [6, 6.07) is 15.7. The van der Waals surface area contributed by atoms with E-state index >= 15 is 0 Å². The number of nitrogens with zero attached hydrogens (tertiary/aromatic N) is 2. The van der Waals surface area contributed by atoms with Crippen molar-refractivity contribution in [3.8, 4) is 11.5 Å². The van der Waals surface area contributed by atoms with Gasteiger partial charge in [-0.3, -0.25) is 19.4 Å². The number of para-hydroxylation sites is 1. The van der Waals surface area contributed by atoms with E-state index in [-0.39, 0.29) is 36.2 Å². The minimum Gasteiger partial charge on any atom is -0.457 e. The third-order valence-electron chi connectivity index (χ3n) is 6.47. The lowest BCUT2D eigenvalue weighted by molar-refractivity contribution is -0.174. The van der Waals surface area contributed by atoms with Crippen LogP contribution in [0.15, 0.2) is 54.6 Å². The van der Waals surface area contributed by atoms with E-state index in [2.05, 4.69) is 10.6 Å². The van der Waals surface area contributed by atoms with Crippen molar-refractivity contribution in [1.29, 1.82) is 0 Å². The summed E-state index contributed by atoms with van der Waals surface area (Å²) >= 11 is 0. The molecule has 2 heterocycles. The van der Waals surface area contributed by atoms with Crippen LogP contribution in [-0.4, -0.2) is 53.4 Å². The van der Waals surface area contributed by atoms with Gasteiger partial charge in [0.05, 0.1) is 12.1 Å². The molecule has 0 spiro atoms. The highest BCUT2D eigenvalue weighted by Crippen LogP contribution is 2.36. The molecule has 0 radical (unpaired) electrons. The van der Waals surface area contributed by atoms with Crippen molar-refractivity contribution in [1.82, 2.24) is 20.7 Å². The molecule has 8 heteroatoms. The zero-order valence-electron chi connectivity index (χ0n) is 19.7. The number of carbonyl (C=O) groups is 3. The molecule has 0 aromatic heterocycles. The molecule has 0 saturated carbocycles. The molecule has 2 aromatic carbocycles. The number of likely N-dealkylation sites (N-methyl/N-ethyl adjacent to an activating group) is 1. The largest absolute Gasteiger partial charge is 0.457 e. The molecule has 1 unspecified atom stereocenters. The van der Waals surface area contributed by atoms with Gasteiger partial charge in [0.15, 0.2) is 0 Å². The molecule has 0 aliphatic carbocycles. The Bertz CT molecular complexity index is 1020. The van der Waals surface area contributed by atoms with Gasteiger partial charge in [0.1, 0.15) is 17.5 Å². The fourth-order valence-electron chi connectivity index (χ4n) is 4.67. The lowest BCUT2D eigenvalue weighted by Gasteiger charge is -2.44. The monoisotopic (exact) mass is 464 g/mol. The molecule has 2 aliphatic heterocycles. The third-order valence-corrected chi connectivity index (χ3v) is 6.47. The molecule has 2 aromatic rings. The highest BCUT2D eigenvalue weighted by atomic mass is 16.5. The van der Waals surface area contributed by atoms with E-state index in [1.54, 1.807) is 17.1 Å². The van der Waals surface area contributed by atoms with Crippen LogP contribution >= 0.6 is 0 Å². The number of benzene rings is 2. The summed E-state index contributed by atoms with van der Waals surface area (Å²) in [5, 5.41) is 9.00. The fourth-order valence-corrected chi connectivity index (χ4v) is 4.67.